The molecule has 3 N–H and O–H groups in total. The summed E-state index contributed by atoms with van der Waals surface area (Å²) in [6.07, 6.45) is 3.50. The van der Waals surface area contributed by atoms with Gasteiger partial charge in [-0.25, -0.2) is 0 Å². The minimum absolute atomic E-state index is 0.0390. The van der Waals surface area contributed by atoms with E-state index in [0.29, 0.717) is 18.5 Å². The van der Waals surface area contributed by atoms with Crippen LogP contribution in [0.15, 0.2) is 29.7 Å². The van der Waals surface area contributed by atoms with Crippen LogP contribution in [0.1, 0.15) is 30.6 Å². The van der Waals surface area contributed by atoms with Crippen LogP contribution in [0, 0.1) is 0 Å². The number of aromatic nitrogens is 1. The van der Waals surface area contributed by atoms with Crippen LogP contribution in [0.2, 0.25) is 0 Å². The molecule has 0 bridgehead atoms. The summed E-state index contributed by atoms with van der Waals surface area (Å²) in [5, 5.41) is 11.4. The van der Waals surface area contributed by atoms with Crippen molar-refractivity contribution in [1.29, 1.82) is 0 Å². The van der Waals surface area contributed by atoms with Gasteiger partial charge in [-0.05, 0) is 26.0 Å². The van der Waals surface area contributed by atoms with Crippen LogP contribution in [0.5, 0.6) is 0 Å². The molecular formula is C12H18N4O2. The third kappa shape index (κ3) is 3.73. The molecule has 0 aromatic carbocycles. The van der Waals surface area contributed by atoms with Crippen molar-refractivity contribution < 1.29 is 10.0 Å². The Morgan fingerprint density at radius 1 is 1.50 bits per heavy atom. The normalized spacial score (nSPS) is 11.6. The molecule has 6 heteroatoms. The molecule has 1 amide bonds. The minimum atomic E-state index is -0.0851. The first-order chi connectivity index (χ1) is 8.56. The Morgan fingerprint density at radius 2 is 2.11 bits per heavy atom. The molecule has 0 fully saturated rings. The number of carbonyl (C=O) groups excluding carboxylic acids is 1. The first kappa shape index (κ1) is 14.0. The molecule has 0 saturated heterocycles. The fourth-order valence-electron chi connectivity index (χ4n) is 1.54. The second kappa shape index (κ2) is 6.58. The van der Waals surface area contributed by atoms with Gasteiger partial charge in [0, 0.05) is 37.0 Å². The standard InChI is InChI=1S/C12H18N4O2/c1-9(2)16(8-5-11(13)15-18)12(17)10-3-6-14-7-4-10/h3-4,6-7,9,18H,5,8H2,1-2H3,(H2,13,15). The van der Waals surface area contributed by atoms with Crippen molar-refractivity contribution >= 4 is 11.7 Å². The quantitative estimate of drug-likeness (QED) is 0.354. The average molecular weight is 250 g/mol. The first-order valence-electron chi connectivity index (χ1n) is 5.73. The van der Waals surface area contributed by atoms with E-state index in [1.165, 1.54) is 0 Å². The highest BCUT2D eigenvalue weighted by molar-refractivity contribution is 5.94. The largest absolute Gasteiger partial charge is 0.409 e. The number of amidine groups is 1. The van der Waals surface area contributed by atoms with Crippen LogP contribution in [-0.4, -0.2) is 39.4 Å². The zero-order valence-electron chi connectivity index (χ0n) is 10.6. The average Bonchev–Trinajstić information content (AvgIpc) is 2.39. The zero-order chi connectivity index (χ0) is 13.5. The van der Waals surface area contributed by atoms with E-state index in [4.69, 9.17) is 10.9 Å². The third-order valence-corrected chi connectivity index (χ3v) is 2.55. The zero-order valence-corrected chi connectivity index (χ0v) is 10.6. The summed E-state index contributed by atoms with van der Waals surface area (Å²) in [5.74, 6) is 0.0290. The third-order valence-electron chi connectivity index (χ3n) is 2.55. The van der Waals surface area contributed by atoms with Gasteiger partial charge in [0.2, 0.25) is 0 Å². The van der Waals surface area contributed by atoms with Crippen molar-refractivity contribution in [2.45, 2.75) is 26.3 Å². The Kier molecular flexibility index (Phi) is 5.10. The number of carbonyl (C=O) groups is 1. The van der Waals surface area contributed by atoms with Gasteiger partial charge < -0.3 is 15.8 Å². The summed E-state index contributed by atoms with van der Waals surface area (Å²) < 4.78 is 0. The smallest absolute Gasteiger partial charge is 0.254 e. The van der Waals surface area contributed by atoms with Gasteiger partial charge in [-0.15, -0.1) is 0 Å². The van der Waals surface area contributed by atoms with E-state index in [2.05, 4.69) is 10.1 Å². The molecule has 0 aliphatic heterocycles. The van der Waals surface area contributed by atoms with E-state index in [9.17, 15) is 4.79 Å². The van der Waals surface area contributed by atoms with Crippen molar-refractivity contribution in [2.24, 2.45) is 10.9 Å². The number of hydrogen-bond acceptors (Lipinski definition) is 4. The number of nitrogens with zero attached hydrogens (tertiary/aromatic N) is 3. The second-order valence-electron chi connectivity index (χ2n) is 4.17. The lowest BCUT2D eigenvalue weighted by molar-refractivity contribution is 0.0711. The van der Waals surface area contributed by atoms with Gasteiger partial charge in [0.1, 0.15) is 5.84 Å². The Bertz CT molecular complexity index is 417. The van der Waals surface area contributed by atoms with E-state index < -0.39 is 0 Å². The molecule has 98 valence electrons. The van der Waals surface area contributed by atoms with Gasteiger partial charge in [-0.3, -0.25) is 9.78 Å². The van der Waals surface area contributed by atoms with Gasteiger partial charge in [0.15, 0.2) is 0 Å². The Labute approximate surface area is 106 Å². The van der Waals surface area contributed by atoms with Crippen LogP contribution in [0.3, 0.4) is 0 Å². The van der Waals surface area contributed by atoms with Crippen LogP contribution in [0.25, 0.3) is 0 Å². The molecule has 0 radical (unpaired) electrons. The van der Waals surface area contributed by atoms with Crippen LogP contribution < -0.4 is 5.73 Å². The Hall–Kier alpha value is -2.11. The van der Waals surface area contributed by atoms with Crippen LogP contribution >= 0.6 is 0 Å². The molecule has 1 aromatic rings. The topological polar surface area (TPSA) is 91.8 Å². The highest BCUT2D eigenvalue weighted by atomic mass is 16.4. The van der Waals surface area contributed by atoms with Crippen LogP contribution in [-0.2, 0) is 0 Å². The monoisotopic (exact) mass is 250 g/mol. The maximum atomic E-state index is 12.2. The van der Waals surface area contributed by atoms with E-state index in [0.717, 1.165) is 0 Å². The molecule has 0 aliphatic carbocycles. The lowest BCUT2D eigenvalue weighted by Gasteiger charge is -2.26. The van der Waals surface area contributed by atoms with Gasteiger partial charge in [0.25, 0.3) is 5.91 Å². The fourth-order valence-corrected chi connectivity index (χ4v) is 1.54. The van der Waals surface area contributed by atoms with Gasteiger partial charge in [0.05, 0.1) is 0 Å². The minimum Gasteiger partial charge on any atom is -0.409 e. The Morgan fingerprint density at radius 3 is 2.61 bits per heavy atom. The number of nitrogens with two attached hydrogens (primary N) is 1. The van der Waals surface area contributed by atoms with Gasteiger partial charge >= 0.3 is 0 Å². The van der Waals surface area contributed by atoms with Crippen molar-refractivity contribution in [2.75, 3.05) is 6.54 Å². The number of rotatable bonds is 5. The SMILES string of the molecule is CC(C)N(CC/C(N)=N/O)C(=O)c1ccncc1. The number of pyridine rings is 1. The second-order valence-corrected chi connectivity index (χ2v) is 4.17. The lowest BCUT2D eigenvalue weighted by Crippen LogP contribution is -2.39. The van der Waals surface area contributed by atoms with E-state index in [1.54, 1.807) is 29.4 Å². The van der Waals surface area contributed by atoms with Gasteiger partial charge in [-0.2, -0.15) is 0 Å². The number of amides is 1. The van der Waals surface area contributed by atoms with E-state index in [-0.39, 0.29) is 17.8 Å². The highest BCUT2D eigenvalue weighted by Gasteiger charge is 2.18. The van der Waals surface area contributed by atoms with Crippen molar-refractivity contribution in [1.82, 2.24) is 9.88 Å². The van der Waals surface area contributed by atoms with Crippen LogP contribution in [0.4, 0.5) is 0 Å². The van der Waals surface area contributed by atoms with E-state index >= 15 is 0 Å². The maximum absolute atomic E-state index is 12.2. The number of oxime groups is 1. The molecule has 1 aromatic heterocycles. The predicted molar refractivity (Wildman–Crippen MR) is 68.4 cm³/mol. The van der Waals surface area contributed by atoms with Crippen molar-refractivity contribution in [3.05, 3.63) is 30.1 Å². The molecule has 0 saturated carbocycles. The summed E-state index contributed by atoms with van der Waals surface area (Å²) in [7, 11) is 0. The summed E-state index contributed by atoms with van der Waals surface area (Å²) in [6.45, 7) is 4.26. The molecule has 0 aliphatic rings. The molecule has 0 spiro atoms. The van der Waals surface area contributed by atoms with Crippen molar-refractivity contribution in [3.63, 3.8) is 0 Å². The number of hydrogen-bond donors (Lipinski definition) is 2. The first-order valence-corrected chi connectivity index (χ1v) is 5.73. The fraction of sp³-hybridized carbons (Fsp3) is 0.417. The molecule has 0 unspecified atom stereocenters. The summed E-state index contributed by atoms with van der Waals surface area (Å²) in [4.78, 5) is 17.8. The van der Waals surface area contributed by atoms with Gasteiger partial charge in [-0.1, -0.05) is 5.16 Å². The summed E-state index contributed by atoms with van der Waals surface area (Å²) in [6, 6.07) is 3.37. The molecule has 6 nitrogen and oxygen atoms in total. The van der Waals surface area contributed by atoms with E-state index in [1.807, 2.05) is 13.8 Å². The molecule has 1 heterocycles. The Balaban J connectivity index is 2.76. The molecular weight excluding hydrogens is 232 g/mol. The highest BCUT2D eigenvalue weighted by Crippen LogP contribution is 2.08. The van der Waals surface area contributed by atoms with Crippen molar-refractivity contribution in [3.8, 4) is 0 Å². The summed E-state index contributed by atoms with van der Waals surface area (Å²) in [5.41, 5.74) is 5.99. The molecule has 0 atom stereocenters. The predicted octanol–water partition coefficient (Wildman–Crippen LogP) is 1.07. The molecule has 18 heavy (non-hydrogen) atoms. The maximum Gasteiger partial charge on any atom is 0.254 e. The molecule has 1 rings (SSSR count). The lowest BCUT2D eigenvalue weighted by atomic mass is 10.2. The summed E-state index contributed by atoms with van der Waals surface area (Å²) >= 11 is 0.